The largest absolute Gasteiger partial charge is 0.480 e. The van der Waals surface area contributed by atoms with Crippen LogP contribution in [0.15, 0.2) is 36.4 Å². The van der Waals surface area contributed by atoms with Crippen molar-refractivity contribution in [1.82, 2.24) is 5.32 Å². The molecule has 0 aliphatic rings. The van der Waals surface area contributed by atoms with Crippen LogP contribution in [-0.4, -0.2) is 36.2 Å². The molecule has 0 bridgehead atoms. The van der Waals surface area contributed by atoms with E-state index >= 15 is 0 Å². The molecule has 1 atom stereocenters. The van der Waals surface area contributed by atoms with Crippen LogP contribution >= 0.6 is 7.60 Å². The highest BCUT2D eigenvalue weighted by Crippen LogP contribution is 2.51. The van der Waals surface area contributed by atoms with E-state index < -0.39 is 25.5 Å². The molecule has 0 saturated heterocycles. The molecule has 1 rings (SSSR count). The lowest BCUT2D eigenvalue weighted by molar-refractivity contribution is -0.139. The molecule has 1 aromatic carbocycles. The van der Waals surface area contributed by atoms with Crippen LogP contribution in [-0.2, 0) is 24.6 Å². The minimum atomic E-state index is -3.22. The SMILES string of the molecule is C=C(C)C[C@@H](NC(=O)c1ccc(CP(=O)(OCC)OCC)cc1)C(=O)O. The second kappa shape index (κ2) is 10.3. The second-order valence-corrected chi connectivity index (χ2v) is 7.88. The molecule has 0 fully saturated rings. The Kier molecular flexibility index (Phi) is 8.72. The van der Waals surface area contributed by atoms with E-state index in [-0.39, 0.29) is 25.8 Å². The molecule has 8 heteroatoms. The summed E-state index contributed by atoms with van der Waals surface area (Å²) in [5.41, 5.74) is 1.67. The zero-order valence-corrected chi connectivity index (χ0v) is 16.3. The minimum absolute atomic E-state index is 0.101. The Hall–Kier alpha value is -1.95. The fourth-order valence-corrected chi connectivity index (χ4v) is 4.00. The van der Waals surface area contributed by atoms with Crippen molar-refractivity contribution in [2.24, 2.45) is 0 Å². The molecule has 0 saturated carbocycles. The third kappa shape index (κ3) is 7.12. The quantitative estimate of drug-likeness (QED) is 0.447. The summed E-state index contributed by atoms with van der Waals surface area (Å²) in [6, 6.07) is 5.36. The first-order valence-corrected chi connectivity index (χ1v) is 10.1. The van der Waals surface area contributed by atoms with Gasteiger partial charge in [0.15, 0.2) is 0 Å². The second-order valence-electron chi connectivity index (χ2n) is 5.83. The number of hydrogen-bond acceptors (Lipinski definition) is 5. The zero-order valence-electron chi connectivity index (χ0n) is 15.4. The van der Waals surface area contributed by atoms with Gasteiger partial charge in [-0.25, -0.2) is 4.79 Å². The van der Waals surface area contributed by atoms with Gasteiger partial charge in [-0.1, -0.05) is 17.7 Å². The molecule has 26 heavy (non-hydrogen) atoms. The summed E-state index contributed by atoms with van der Waals surface area (Å²) in [6.45, 7) is 9.40. The van der Waals surface area contributed by atoms with Gasteiger partial charge in [0.1, 0.15) is 6.04 Å². The van der Waals surface area contributed by atoms with E-state index in [0.717, 1.165) is 0 Å². The average Bonchev–Trinajstić information content (AvgIpc) is 2.54. The molecule has 144 valence electrons. The van der Waals surface area contributed by atoms with E-state index in [1.807, 2.05) is 0 Å². The fraction of sp³-hybridized carbons (Fsp3) is 0.444. The predicted molar refractivity (Wildman–Crippen MR) is 99.3 cm³/mol. The normalized spacial score (nSPS) is 12.4. The van der Waals surface area contributed by atoms with Crippen molar-refractivity contribution in [2.75, 3.05) is 13.2 Å². The lowest BCUT2D eigenvalue weighted by Crippen LogP contribution is -2.40. The number of rotatable bonds is 11. The lowest BCUT2D eigenvalue weighted by atomic mass is 10.1. The fourth-order valence-electron chi connectivity index (χ4n) is 2.30. The van der Waals surface area contributed by atoms with Crippen LogP contribution in [0.3, 0.4) is 0 Å². The number of carboxylic acid groups (broad SMARTS) is 1. The van der Waals surface area contributed by atoms with Crippen LogP contribution in [0.4, 0.5) is 0 Å². The number of nitrogens with one attached hydrogen (secondary N) is 1. The summed E-state index contributed by atoms with van der Waals surface area (Å²) in [4.78, 5) is 23.5. The third-order valence-electron chi connectivity index (χ3n) is 3.40. The Morgan fingerprint density at radius 2 is 1.73 bits per heavy atom. The van der Waals surface area contributed by atoms with Crippen molar-refractivity contribution >= 4 is 19.5 Å². The highest BCUT2D eigenvalue weighted by molar-refractivity contribution is 7.53. The van der Waals surface area contributed by atoms with E-state index in [9.17, 15) is 19.3 Å². The van der Waals surface area contributed by atoms with Crippen LogP contribution in [0.5, 0.6) is 0 Å². The molecule has 0 unspecified atom stereocenters. The first-order chi connectivity index (χ1) is 12.2. The van der Waals surface area contributed by atoms with E-state index in [1.165, 1.54) is 0 Å². The predicted octanol–water partition coefficient (Wildman–Crippen LogP) is 3.60. The summed E-state index contributed by atoms with van der Waals surface area (Å²) < 4.78 is 23.0. The summed E-state index contributed by atoms with van der Waals surface area (Å²) in [7, 11) is -3.22. The number of aliphatic carboxylic acids is 1. The van der Waals surface area contributed by atoms with Gasteiger partial charge in [-0.2, -0.15) is 0 Å². The Labute approximate surface area is 153 Å². The lowest BCUT2D eigenvalue weighted by Gasteiger charge is -2.17. The van der Waals surface area contributed by atoms with Crippen LogP contribution < -0.4 is 5.32 Å². The van der Waals surface area contributed by atoms with Crippen molar-refractivity contribution < 1.29 is 28.3 Å². The molecule has 2 N–H and O–H groups in total. The first-order valence-electron chi connectivity index (χ1n) is 8.35. The highest BCUT2D eigenvalue weighted by atomic mass is 31.2. The molecular formula is C18H26NO6P. The standard InChI is InChI=1S/C18H26NO6P/c1-5-24-26(23,25-6-2)12-14-7-9-15(10-8-14)17(20)19-16(18(21)22)11-13(3)4/h7-10,16H,3,5-6,11-12H2,1-2,4H3,(H,19,20)(H,21,22)/t16-/m1/s1. The smallest absolute Gasteiger partial charge is 0.335 e. The Balaban J connectivity index is 2.82. The number of hydrogen-bond donors (Lipinski definition) is 2. The number of amides is 1. The number of carbonyl (C=O) groups excluding carboxylic acids is 1. The third-order valence-corrected chi connectivity index (χ3v) is 5.46. The van der Waals surface area contributed by atoms with Crippen LogP contribution in [0.2, 0.25) is 0 Å². The molecule has 0 aromatic heterocycles. The summed E-state index contributed by atoms with van der Waals surface area (Å²) in [5.74, 6) is -1.62. The molecule has 0 aliphatic carbocycles. The maximum absolute atomic E-state index is 12.5. The zero-order chi connectivity index (χ0) is 19.7. The highest BCUT2D eigenvalue weighted by Gasteiger charge is 2.24. The van der Waals surface area contributed by atoms with Crippen molar-refractivity contribution in [3.05, 3.63) is 47.5 Å². The summed E-state index contributed by atoms with van der Waals surface area (Å²) >= 11 is 0. The molecular weight excluding hydrogens is 357 g/mol. The van der Waals surface area contributed by atoms with Gasteiger partial charge in [-0.3, -0.25) is 9.36 Å². The van der Waals surface area contributed by atoms with Crippen molar-refractivity contribution in [3.8, 4) is 0 Å². The Morgan fingerprint density at radius 1 is 1.19 bits per heavy atom. The van der Waals surface area contributed by atoms with Crippen LogP contribution in [0, 0.1) is 0 Å². The summed E-state index contributed by atoms with van der Waals surface area (Å²) in [5, 5.41) is 11.6. The van der Waals surface area contributed by atoms with E-state index in [1.54, 1.807) is 45.0 Å². The van der Waals surface area contributed by atoms with Crippen molar-refractivity contribution in [1.29, 1.82) is 0 Å². The molecule has 0 spiro atoms. The van der Waals surface area contributed by atoms with Gasteiger partial charge in [-0.15, -0.1) is 6.58 Å². The van der Waals surface area contributed by atoms with E-state index in [4.69, 9.17) is 9.05 Å². The Bertz CT molecular complexity index is 675. The number of carboxylic acids is 1. The van der Waals surface area contributed by atoms with Gasteiger partial charge < -0.3 is 19.5 Å². The molecule has 7 nitrogen and oxygen atoms in total. The molecule has 0 aliphatic heterocycles. The van der Waals surface area contributed by atoms with Crippen LogP contribution in [0.25, 0.3) is 0 Å². The van der Waals surface area contributed by atoms with Gasteiger partial charge >= 0.3 is 13.6 Å². The monoisotopic (exact) mass is 383 g/mol. The van der Waals surface area contributed by atoms with Gasteiger partial charge in [-0.05, 0) is 44.9 Å². The maximum atomic E-state index is 12.5. The minimum Gasteiger partial charge on any atom is -0.480 e. The van der Waals surface area contributed by atoms with Crippen LogP contribution in [0.1, 0.15) is 43.1 Å². The molecule has 1 aromatic rings. The topological polar surface area (TPSA) is 102 Å². The van der Waals surface area contributed by atoms with Gasteiger partial charge in [0.2, 0.25) is 0 Å². The van der Waals surface area contributed by atoms with Crippen molar-refractivity contribution in [2.45, 2.75) is 39.4 Å². The van der Waals surface area contributed by atoms with E-state index in [2.05, 4.69) is 11.9 Å². The first kappa shape index (κ1) is 22.1. The maximum Gasteiger partial charge on any atom is 0.335 e. The van der Waals surface area contributed by atoms with Gasteiger partial charge in [0, 0.05) is 5.56 Å². The van der Waals surface area contributed by atoms with Gasteiger partial charge in [0.05, 0.1) is 19.4 Å². The summed E-state index contributed by atoms with van der Waals surface area (Å²) in [6.07, 6.45) is 0.259. The number of carbonyl (C=O) groups is 2. The van der Waals surface area contributed by atoms with Gasteiger partial charge in [0.25, 0.3) is 5.91 Å². The number of benzene rings is 1. The molecule has 0 radical (unpaired) electrons. The Morgan fingerprint density at radius 3 is 2.15 bits per heavy atom. The molecule has 1 amide bonds. The van der Waals surface area contributed by atoms with E-state index in [0.29, 0.717) is 16.7 Å². The average molecular weight is 383 g/mol. The molecule has 0 heterocycles. The van der Waals surface area contributed by atoms with Crippen molar-refractivity contribution in [3.63, 3.8) is 0 Å².